The highest BCUT2D eigenvalue weighted by atomic mass is 32.1. The summed E-state index contributed by atoms with van der Waals surface area (Å²) in [4.78, 5) is 5.44. The average molecular weight is 748 g/mol. The maximum absolute atomic E-state index is 10.3. The van der Waals surface area contributed by atoms with E-state index in [9.17, 15) is 15.8 Å². The SMILES string of the molecule is N#Cc1cc(C#N)c(C2CCNC(c3cc(-n4c5ccccc5c5ccccc54)c4c(sc5ccccc54)c3-n3c4ccccc4c4ccccc43)=N2)c(C#N)c1. The van der Waals surface area contributed by atoms with Gasteiger partial charge in [-0.1, -0.05) is 91.0 Å². The van der Waals surface area contributed by atoms with Crippen molar-refractivity contribution in [3.05, 3.63) is 167 Å². The van der Waals surface area contributed by atoms with Gasteiger partial charge in [0.05, 0.1) is 79.1 Å². The van der Waals surface area contributed by atoms with Crippen LogP contribution in [-0.4, -0.2) is 21.5 Å². The van der Waals surface area contributed by atoms with Crippen LogP contribution < -0.4 is 5.32 Å². The van der Waals surface area contributed by atoms with Crippen LogP contribution in [0.5, 0.6) is 0 Å². The summed E-state index contributed by atoms with van der Waals surface area (Å²) in [6.07, 6.45) is 0.578. The lowest BCUT2D eigenvalue weighted by atomic mass is 9.91. The summed E-state index contributed by atoms with van der Waals surface area (Å²) in [6, 6.07) is 54.6. The molecule has 0 amide bonds. The molecule has 1 aliphatic heterocycles. The van der Waals surface area contributed by atoms with Gasteiger partial charge in [-0.05, 0) is 55.0 Å². The second kappa shape index (κ2) is 12.7. The van der Waals surface area contributed by atoms with Crippen molar-refractivity contribution in [2.45, 2.75) is 12.5 Å². The molecule has 0 fully saturated rings. The minimum absolute atomic E-state index is 0.282. The van der Waals surface area contributed by atoms with Crippen LogP contribution in [0.4, 0.5) is 0 Å². The fourth-order valence-corrected chi connectivity index (χ4v) is 10.3. The summed E-state index contributed by atoms with van der Waals surface area (Å²) >= 11 is 1.78. The average Bonchev–Trinajstić information content (AvgIpc) is 3.94. The van der Waals surface area contributed by atoms with E-state index in [-0.39, 0.29) is 5.56 Å². The van der Waals surface area contributed by atoms with Crippen molar-refractivity contribution in [1.29, 1.82) is 15.8 Å². The van der Waals surface area contributed by atoms with E-state index in [0.717, 1.165) is 59.9 Å². The molecular formula is C49H29N7S. The van der Waals surface area contributed by atoms with Crippen LogP contribution >= 0.6 is 11.3 Å². The zero-order valence-electron chi connectivity index (χ0n) is 30.4. The molecule has 11 rings (SSSR count). The van der Waals surface area contributed by atoms with Gasteiger partial charge in [0.15, 0.2) is 0 Å². The second-order valence-corrected chi connectivity index (χ2v) is 15.4. The highest BCUT2D eigenvalue weighted by Crippen LogP contribution is 2.47. The van der Waals surface area contributed by atoms with Gasteiger partial charge in [-0.25, -0.2) is 0 Å². The molecule has 3 aromatic heterocycles. The molecule has 0 saturated carbocycles. The number of thiophene rings is 1. The Morgan fingerprint density at radius 1 is 0.596 bits per heavy atom. The molecule has 7 nitrogen and oxygen atoms in total. The number of nitrogens with one attached hydrogen (secondary N) is 1. The molecule has 7 aromatic carbocycles. The van der Waals surface area contributed by atoms with Crippen LogP contribution in [0, 0.1) is 34.0 Å². The van der Waals surface area contributed by atoms with Crippen LogP contribution in [0.1, 0.15) is 40.3 Å². The third-order valence-corrected chi connectivity index (χ3v) is 12.5. The molecule has 1 atom stereocenters. The maximum atomic E-state index is 10.3. The third-order valence-electron chi connectivity index (χ3n) is 11.4. The van der Waals surface area contributed by atoms with E-state index in [2.05, 4.69) is 160 Å². The number of rotatable bonds is 4. The van der Waals surface area contributed by atoms with Crippen molar-refractivity contribution < 1.29 is 0 Å². The summed E-state index contributed by atoms with van der Waals surface area (Å²) in [5.74, 6) is 0.682. The molecule has 0 bridgehead atoms. The van der Waals surface area contributed by atoms with Crippen molar-refractivity contribution in [1.82, 2.24) is 14.5 Å². The van der Waals surface area contributed by atoms with E-state index in [1.165, 1.54) is 20.9 Å². The van der Waals surface area contributed by atoms with Crippen LogP contribution in [0.25, 0.3) is 75.2 Å². The number of amidine groups is 1. The first kappa shape index (κ1) is 32.7. The highest BCUT2D eigenvalue weighted by molar-refractivity contribution is 7.26. The normalized spacial score (nSPS) is 14.2. The fourth-order valence-electron chi connectivity index (χ4n) is 9.02. The van der Waals surface area contributed by atoms with E-state index >= 15 is 0 Å². The molecule has 266 valence electrons. The van der Waals surface area contributed by atoms with Gasteiger partial charge in [0.2, 0.25) is 0 Å². The van der Waals surface area contributed by atoms with Gasteiger partial charge in [-0.15, -0.1) is 11.3 Å². The molecule has 1 unspecified atom stereocenters. The molecule has 0 radical (unpaired) electrons. The second-order valence-electron chi connectivity index (χ2n) is 14.4. The fraction of sp³-hybridized carbons (Fsp3) is 0.0612. The first-order valence-corrected chi connectivity index (χ1v) is 19.6. The minimum atomic E-state index is -0.487. The molecule has 8 heteroatoms. The number of nitrogens with zero attached hydrogens (tertiary/aromatic N) is 6. The molecule has 0 aliphatic carbocycles. The third kappa shape index (κ3) is 4.77. The van der Waals surface area contributed by atoms with Crippen LogP contribution in [0.15, 0.2) is 145 Å². The largest absolute Gasteiger partial charge is 0.370 e. The van der Waals surface area contributed by atoms with Crippen molar-refractivity contribution in [2.24, 2.45) is 4.99 Å². The first-order valence-electron chi connectivity index (χ1n) is 18.8. The molecule has 0 saturated heterocycles. The zero-order chi connectivity index (χ0) is 38.2. The molecule has 0 spiro atoms. The van der Waals surface area contributed by atoms with Gasteiger partial charge in [0.25, 0.3) is 0 Å². The summed E-state index contributed by atoms with van der Waals surface area (Å²) < 4.78 is 7.09. The van der Waals surface area contributed by atoms with Crippen molar-refractivity contribution in [2.75, 3.05) is 6.54 Å². The van der Waals surface area contributed by atoms with Crippen LogP contribution in [0.3, 0.4) is 0 Å². The Morgan fingerprint density at radius 3 is 1.65 bits per heavy atom. The Labute approximate surface area is 330 Å². The number of fused-ring (bicyclic) bond motifs is 9. The van der Waals surface area contributed by atoms with Crippen LogP contribution in [0.2, 0.25) is 0 Å². The molecule has 1 aliphatic rings. The number of para-hydroxylation sites is 4. The van der Waals surface area contributed by atoms with Gasteiger partial charge in [0, 0.05) is 54.7 Å². The monoisotopic (exact) mass is 747 g/mol. The number of hydrogen-bond acceptors (Lipinski definition) is 6. The molecule has 4 heterocycles. The lowest BCUT2D eigenvalue weighted by molar-refractivity contribution is 0.602. The number of aliphatic imine (C=N–C) groups is 1. The van der Waals surface area contributed by atoms with Crippen molar-refractivity contribution in [3.8, 4) is 29.6 Å². The van der Waals surface area contributed by atoms with E-state index in [1.807, 2.05) is 0 Å². The molecule has 57 heavy (non-hydrogen) atoms. The number of nitriles is 3. The van der Waals surface area contributed by atoms with Gasteiger partial charge in [-0.2, -0.15) is 15.8 Å². The van der Waals surface area contributed by atoms with Crippen molar-refractivity contribution >= 4 is 81.0 Å². The summed E-state index contributed by atoms with van der Waals surface area (Å²) in [7, 11) is 0. The van der Waals surface area contributed by atoms with E-state index in [0.29, 0.717) is 35.5 Å². The van der Waals surface area contributed by atoms with Crippen molar-refractivity contribution in [3.63, 3.8) is 0 Å². The Hall–Kier alpha value is -7.70. The number of benzene rings is 7. The van der Waals surface area contributed by atoms with Crippen LogP contribution in [-0.2, 0) is 0 Å². The Bertz CT molecular complexity index is 3360. The predicted octanol–water partition coefficient (Wildman–Crippen LogP) is 11.3. The lowest BCUT2D eigenvalue weighted by Gasteiger charge is -2.26. The molecule has 1 N–H and O–H groups in total. The van der Waals surface area contributed by atoms with E-state index < -0.39 is 6.04 Å². The maximum Gasteiger partial charge on any atom is 0.131 e. The van der Waals surface area contributed by atoms with Gasteiger partial charge < -0.3 is 14.5 Å². The molecular weight excluding hydrogens is 719 g/mol. The standard InChI is InChI=1S/C49H29N7S/c50-26-29-23-30(27-51)45(31(24-29)28-52)38-21-22-53-49(54-38)37-25-43(55-39-16-6-1-11-32(39)33-12-2-7-17-40(33)55)46-36-15-5-10-20-44(36)57-48(46)47(37)56-41-18-8-3-13-34(41)35-14-4-9-19-42(35)56/h1-20,23-25,38H,21-22H2,(H,53,54). The predicted molar refractivity (Wildman–Crippen MR) is 230 cm³/mol. The highest BCUT2D eigenvalue weighted by Gasteiger charge is 2.30. The van der Waals surface area contributed by atoms with E-state index in [4.69, 9.17) is 4.99 Å². The zero-order valence-corrected chi connectivity index (χ0v) is 31.2. The Balaban J connectivity index is 1.32. The molecule has 10 aromatic rings. The summed E-state index contributed by atoms with van der Waals surface area (Å²) in [6.45, 7) is 0.570. The number of hydrogen-bond donors (Lipinski definition) is 1. The topological polar surface area (TPSA) is 106 Å². The van der Waals surface area contributed by atoms with E-state index in [1.54, 1.807) is 23.5 Å². The van der Waals surface area contributed by atoms with Gasteiger partial charge >= 0.3 is 0 Å². The quantitative estimate of drug-likeness (QED) is 0.193. The van der Waals surface area contributed by atoms with Gasteiger partial charge in [0.1, 0.15) is 5.84 Å². The first-order chi connectivity index (χ1) is 28.2. The lowest BCUT2D eigenvalue weighted by Crippen LogP contribution is -2.33. The summed E-state index contributed by atoms with van der Waals surface area (Å²) in [5, 5.41) is 41.0. The Kier molecular flexibility index (Phi) is 7.28. The number of aromatic nitrogens is 2. The van der Waals surface area contributed by atoms with Gasteiger partial charge in [-0.3, -0.25) is 4.99 Å². The smallest absolute Gasteiger partial charge is 0.131 e. The minimum Gasteiger partial charge on any atom is -0.370 e. The Morgan fingerprint density at radius 2 is 1.11 bits per heavy atom. The summed E-state index contributed by atoms with van der Waals surface area (Å²) in [5.41, 5.74) is 8.79.